The SMILES string of the molecule is CNC1CCCN(S(=O)(=O)c2ccccc2F)C1.Cl. The van der Waals surface area contributed by atoms with Crippen molar-refractivity contribution in [3.63, 3.8) is 0 Å². The fourth-order valence-electron chi connectivity index (χ4n) is 2.19. The summed E-state index contributed by atoms with van der Waals surface area (Å²) in [4.78, 5) is -0.234. The van der Waals surface area contributed by atoms with E-state index >= 15 is 0 Å². The summed E-state index contributed by atoms with van der Waals surface area (Å²) in [7, 11) is -1.91. The van der Waals surface area contributed by atoms with E-state index in [0.717, 1.165) is 12.8 Å². The Kier molecular flexibility index (Phi) is 5.73. The maximum atomic E-state index is 13.6. The van der Waals surface area contributed by atoms with Gasteiger partial charge in [-0.05, 0) is 32.0 Å². The molecule has 1 saturated heterocycles. The Balaban J connectivity index is 0.00000180. The summed E-state index contributed by atoms with van der Waals surface area (Å²) in [6.07, 6.45) is 1.74. The third kappa shape index (κ3) is 3.45. The van der Waals surface area contributed by atoms with Gasteiger partial charge in [0.05, 0.1) is 0 Å². The number of nitrogens with one attached hydrogen (secondary N) is 1. The van der Waals surface area contributed by atoms with E-state index in [4.69, 9.17) is 0 Å². The van der Waals surface area contributed by atoms with E-state index < -0.39 is 15.8 Å². The summed E-state index contributed by atoms with van der Waals surface area (Å²) in [5.41, 5.74) is 0. The highest BCUT2D eigenvalue weighted by Gasteiger charge is 2.31. The van der Waals surface area contributed by atoms with Crippen molar-refractivity contribution in [1.82, 2.24) is 9.62 Å². The standard InChI is InChI=1S/C12H17FN2O2S.ClH/c1-14-10-5-4-8-15(9-10)18(16,17)12-7-3-2-6-11(12)13;/h2-3,6-7,10,14H,4-5,8-9H2,1H3;1H. The largest absolute Gasteiger partial charge is 0.316 e. The van der Waals surface area contributed by atoms with Gasteiger partial charge in [0.2, 0.25) is 10.0 Å². The number of sulfonamides is 1. The topological polar surface area (TPSA) is 49.4 Å². The molecule has 0 aromatic heterocycles. The number of rotatable bonds is 3. The second-order valence-corrected chi connectivity index (χ2v) is 6.33. The van der Waals surface area contributed by atoms with Crippen LogP contribution in [0.25, 0.3) is 0 Å². The summed E-state index contributed by atoms with van der Waals surface area (Å²) >= 11 is 0. The molecule has 108 valence electrons. The molecule has 2 rings (SSSR count). The minimum absolute atomic E-state index is 0. The van der Waals surface area contributed by atoms with Gasteiger partial charge in [0.1, 0.15) is 10.7 Å². The first-order valence-corrected chi connectivity index (χ1v) is 7.41. The molecule has 1 unspecified atom stereocenters. The van der Waals surface area contributed by atoms with Crippen molar-refractivity contribution < 1.29 is 12.8 Å². The predicted octanol–water partition coefficient (Wildman–Crippen LogP) is 1.62. The van der Waals surface area contributed by atoms with Gasteiger partial charge in [-0.1, -0.05) is 12.1 Å². The average molecular weight is 309 g/mol. The van der Waals surface area contributed by atoms with Crippen LogP contribution in [0.2, 0.25) is 0 Å². The van der Waals surface area contributed by atoms with Gasteiger partial charge in [0, 0.05) is 19.1 Å². The number of hydrogen-bond acceptors (Lipinski definition) is 3. The maximum absolute atomic E-state index is 13.6. The minimum atomic E-state index is -3.72. The maximum Gasteiger partial charge on any atom is 0.246 e. The van der Waals surface area contributed by atoms with Crippen molar-refractivity contribution in [3.05, 3.63) is 30.1 Å². The van der Waals surface area contributed by atoms with Crippen molar-refractivity contribution in [2.75, 3.05) is 20.1 Å². The molecule has 1 fully saturated rings. The van der Waals surface area contributed by atoms with E-state index in [0.29, 0.717) is 13.1 Å². The fraction of sp³-hybridized carbons (Fsp3) is 0.500. The Morgan fingerprint density at radius 1 is 1.37 bits per heavy atom. The second kappa shape index (κ2) is 6.65. The monoisotopic (exact) mass is 308 g/mol. The lowest BCUT2D eigenvalue weighted by Crippen LogP contribution is -2.47. The zero-order chi connectivity index (χ0) is 13.2. The minimum Gasteiger partial charge on any atom is -0.316 e. The van der Waals surface area contributed by atoms with Crippen LogP contribution in [0, 0.1) is 5.82 Å². The van der Waals surface area contributed by atoms with Gasteiger partial charge in [-0.3, -0.25) is 0 Å². The van der Waals surface area contributed by atoms with Gasteiger partial charge < -0.3 is 5.32 Å². The number of nitrogens with zero attached hydrogens (tertiary/aromatic N) is 1. The molecule has 1 atom stereocenters. The van der Waals surface area contributed by atoms with Crippen LogP contribution in [0.3, 0.4) is 0 Å². The summed E-state index contributed by atoms with van der Waals surface area (Å²) in [6, 6.07) is 5.65. The van der Waals surface area contributed by atoms with Crippen LogP contribution in [0.4, 0.5) is 4.39 Å². The van der Waals surface area contributed by atoms with Crippen molar-refractivity contribution in [2.24, 2.45) is 0 Å². The molecular weight excluding hydrogens is 291 g/mol. The molecule has 0 saturated carbocycles. The molecule has 1 aliphatic heterocycles. The molecule has 0 amide bonds. The van der Waals surface area contributed by atoms with E-state index in [9.17, 15) is 12.8 Å². The number of halogens is 2. The van der Waals surface area contributed by atoms with Crippen molar-refractivity contribution in [3.8, 4) is 0 Å². The van der Waals surface area contributed by atoms with Gasteiger partial charge >= 0.3 is 0 Å². The normalized spacial score (nSPS) is 20.8. The van der Waals surface area contributed by atoms with E-state index in [1.807, 2.05) is 7.05 Å². The number of piperidine rings is 1. The molecule has 1 aromatic carbocycles. The molecule has 0 bridgehead atoms. The lowest BCUT2D eigenvalue weighted by Gasteiger charge is -2.31. The Morgan fingerprint density at radius 3 is 2.68 bits per heavy atom. The molecule has 0 radical (unpaired) electrons. The molecule has 0 spiro atoms. The van der Waals surface area contributed by atoms with Crippen molar-refractivity contribution in [2.45, 2.75) is 23.8 Å². The first kappa shape index (κ1) is 16.4. The van der Waals surface area contributed by atoms with Crippen molar-refractivity contribution >= 4 is 22.4 Å². The first-order valence-electron chi connectivity index (χ1n) is 5.97. The molecule has 1 aliphatic rings. The second-order valence-electron chi connectivity index (χ2n) is 4.42. The van der Waals surface area contributed by atoms with E-state index in [2.05, 4.69) is 5.32 Å². The van der Waals surface area contributed by atoms with Gasteiger partial charge in [0.25, 0.3) is 0 Å². The molecule has 7 heteroatoms. The highest BCUT2D eigenvalue weighted by Crippen LogP contribution is 2.22. The van der Waals surface area contributed by atoms with Crippen LogP contribution in [0.15, 0.2) is 29.2 Å². The number of likely N-dealkylation sites (N-methyl/N-ethyl adjacent to an activating group) is 1. The number of benzene rings is 1. The Hall–Kier alpha value is -0.690. The first-order chi connectivity index (χ1) is 8.55. The Morgan fingerprint density at radius 2 is 2.05 bits per heavy atom. The smallest absolute Gasteiger partial charge is 0.246 e. The highest BCUT2D eigenvalue weighted by atomic mass is 35.5. The molecule has 1 heterocycles. The molecule has 0 aliphatic carbocycles. The molecule has 19 heavy (non-hydrogen) atoms. The van der Waals surface area contributed by atoms with Crippen LogP contribution >= 0.6 is 12.4 Å². The number of hydrogen-bond donors (Lipinski definition) is 1. The summed E-state index contributed by atoms with van der Waals surface area (Å²) in [5.74, 6) is -0.691. The van der Waals surface area contributed by atoms with Gasteiger partial charge in [-0.15, -0.1) is 12.4 Å². The van der Waals surface area contributed by atoms with Crippen LogP contribution in [-0.2, 0) is 10.0 Å². The summed E-state index contributed by atoms with van der Waals surface area (Å²) < 4.78 is 39.6. The quantitative estimate of drug-likeness (QED) is 0.923. The van der Waals surface area contributed by atoms with E-state index in [1.54, 1.807) is 0 Å². The third-order valence-corrected chi connectivity index (χ3v) is 5.15. The molecular formula is C12H18ClFN2O2S. The van der Waals surface area contributed by atoms with Gasteiger partial charge in [0.15, 0.2) is 0 Å². The van der Waals surface area contributed by atoms with Crippen molar-refractivity contribution in [1.29, 1.82) is 0 Å². The summed E-state index contributed by atoms with van der Waals surface area (Å²) in [6.45, 7) is 0.849. The zero-order valence-corrected chi connectivity index (χ0v) is 12.3. The van der Waals surface area contributed by atoms with E-state index in [1.165, 1.54) is 28.6 Å². The molecule has 1 N–H and O–H groups in total. The lowest BCUT2D eigenvalue weighted by atomic mass is 10.1. The van der Waals surface area contributed by atoms with Crippen LogP contribution in [-0.4, -0.2) is 38.9 Å². The van der Waals surface area contributed by atoms with Gasteiger partial charge in [-0.2, -0.15) is 4.31 Å². The lowest BCUT2D eigenvalue weighted by molar-refractivity contribution is 0.292. The average Bonchev–Trinajstić information content (AvgIpc) is 2.39. The molecule has 4 nitrogen and oxygen atoms in total. The van der Waals surface area contributed by atoms with Crippen LogP contribution in [0.1, 0.15) is 12.8 Å². The predicted molar refractivity (Wildman–Crippen MR) is 74.5 cm³/mol. The Bertz CT molecular complexity index is 524. The Labute approximate surface area is 119 Å². The summed E-state index contributed by atoms with van der Waals surface area (Å²) in [5, 5.41) is 3.07. The highest BCUT2D eigenvalue weighted by molar-refractivity contribution is 7.89. The van der Waals surface area contributed by atoms with Crippen LogP contribution < -0.4 is 5.32 Å². The van der Waals surface area contributed by atoms with E-state index in [-0.39, 0.29) is 23.3 Å². The fourth-order valence-corrected chi connectivity index (χ4v) is 3.78. The van der Waals surface area contributed by atoms with Crippen LogP contribution in [0.5, 0.6) is 0 Å². The molecule has 1 aromatic rings. The third-order valence-electron chi connectivity index (χ3n) is 3.25. The van der Waals surface area contributed by atoms with Gasteiger partial charge in [-0.25, -0.2) is 12.8 Å². The zero-order valence-electron chi connectivity index (χ0n) is 10.7.